The van der Waals surface area contributed by atoms with Crippen LogP contribution in [0.15, 0.2) is 18.2 Å². The summed E-state index contributed by atoms with van der Waals surface area (Å²) < 4.78 is 23.2. The van der Waals surface area contributed by atoms with Gasteiger partial charge in [-0.3, -0.25) is 0 Å². The van der Waals surface area contributed by atoms with Crippen molar-refractivity contribution in [2.75, 3.05) is 6.61 Å². The Kier molecular flexibility index (Phi) is 1.93. The highest BCUT2D eigenvalue weighted by Gasteiger charge is 2.42. The molecule has 1 aliphatic heterocycles. The molecule has 1 fully saturated rings. The van der Waals surface area contributed by atoms with Crippen LogP contribution in [-0.4, -0.2) is 12.4 Å². The van der Waals surface area contributed by atoms with Gasteiger partial charge >= 0.3 is 0 Å². The van der Waals surface area contributed by atoms with Crippen LogP contribution in [-0.2, 0) is 4.74 Å². The molecule has 4 heteroatoms. The van der Waals surface area contributed by atoms with Crippen molar-refractivity contribution in [1.82, 2.24) is 0 Å². The quantitative estimate of drug-likeness (QED) is 0.688. The van der Waals surface area contributed by atoms with Crippen molar-refractivity contribution in [3.05, 3.63) is 29.0 Å². The maximum Gasteiger partial charge on any atom is 0.231 e. The Morgan fingerprint density at radius 1 is 1.62 bits per heavy atom. The predicted molar refractivity (Wildman–Crippen MR) is 46.4 cm³/mol. The molecule has 0 amide bonds. The van der Waals surface area contributed by atoms with Gasteiger partial charge < -0.3 is 9.47 Å². The first-order chi connectivity index (χ1) is 6.09. The molecule has 0 bridgehead atoms. The van der Waals surface area contributed by atoms with Gasteiger partial charge in [-0.25, -0.2) is 4.39 Å². The van der Waals surface area contributed by atoms with E-state index in [0.29, 0.717) is 12.4 Å². The fourth-order valence-corrected chi connectivity index (χ4v) is 1.07. The van der Waals surface area contributed by atoms with Gasteiger partial charge in [0.15, 0.2) is 0 Å². The van der Waals surface area contributed by atoms with Crippen molar-refractivity contribution in [2.45, 2.75) is 12.7 Å². The molecule has 0 unspecified atom stereocenters. The largest absolute Gasteiger partial charge is 0.460 e. The van der Waals surface area contributed by atoms with Crippen LogP contribution in [0.5, 0.6) is 5.75 Å². The number of ether oxygens (including phenoxy) is 2. The fraction of sp³-hybridized carbons (Fsp3) is 0.333. The molecular formula is C9H8ClFO2. The maximum atomic E-state index is 12.9. The monoisotopic (exact) mass is 202 g/mol. The number of halogens is 2. The first-order valence-electron chi connectivity index (χ1n) is 3.87. The van der Waals surface area contributed by atoms with E-state index >= 15 is 0 Å². The highest BCUT2D eigenvalue weighted by atomic mass is 35.5. The lowest BCUT2D eigenvalue weighted by Gasteiger charge is -2.09. The SMILES string of the molecule is C[C@]1(Oc2ccc(Cl)c(F)c2)CO1. The highest BCUT2D eigenvalue weighted by Crippen LogP contribution is 2.31. The van der Waals surface area contributed by atoms with Crippen LogP contribution in [0.3, 0.4) is 0 Å². The first kappa shape index (κ1) is 8.78. The second-order valence-corrected chi connectivity index (χ2v) is 3.51. The molecule has 0 radical (unpaired) electrons. The molecule has 1 aromatic rings. The summed E-state index contributed by atoms with van der Waals surface area (Å²) in [5.41, 5.74) is 0. The molecule has 70 valence electrons. The second-order valence-electron chi connectivity index (χ2n) is 3.10. The second kappa shape index (κ2) is 2.86. The minimum atomic E-state index is -0.569. The Morgan fingerprint density at radius 2 is 2.31 bits per heavy atom. The van der Waals surface area contributed by atoms with E-state index in [-0.39, 0.29) is 5.02 Å². The van der Waals surface area contributed by atoms with Crippen molar-refractivity contribution in [2.24, 2.45) is 0 Å². The van der Waals surface area contributed by atoms with Crippen molar-refractivity contribution in [3.63, 3.8) is 0 Å². The lowest BCUT2D eigenvalue weighted by Crippen LogP contribution is -2.14. The normalized spacial score (nSPS) is 25.8. The van der Waals surface area contributed by atoms with Gasteiger partial charge in [0.25, 0.3) is 0 Å². The summed E-state index contributed by atoms with van der Waals surface area (Å²) in [4.78, 5) is 0. The summed E-state index contributed by atoms with van der Waals surface area (Å²) in [6.45, 7) is 2.33. The maximum absolute atomic E-state index is 12.9. The molecule has 1 atom stereocenters. The van der Waals surface area contributed by atoms with Crippen molar-refractivity contribution >= 4 is 11.6 Å². The van der Waals surface area contributed by atoms with Crippen LogP contribution < -0.4 is 4.74 Å². The van der Waals surface area contributed by atoms with E-state index in [1.54, 1.807) is 13.0 Å². The lowest BCUT2D eigenvalue weighted by molar-refractivity contribution is 0.0799. The van der Waals surface area contributed by atoms with Gasteiger partial charge in [0.2, 0.25) is 5.79 Å². The molecular weight excluding hydrogens is 195 g/mol. The number of benzene rings is 1. The highest BCUT2D eigenvalue weighted by molar-refractivity contribution is 6.30. The third-order valence-corrected chi connectivity index (χ3v) is 2.08. The van der Waals surface area contributed by atoms with E-state index in [1.807, 2.05) is 0 Å². The smallest absolute Gasteiger partial charge is 0.231 e. The van der Waals surface area contributed by atoms with Crippen molar-refractivity contribution in [1.29, 1.82) is 0 Å². The Bertz CT molecular complexity index is 336. The molecule has 1 heterocycles. The standard InChI is InChI=1S/C9H8ClFO2/c1-9(5-12-9)13-6-2-3-7(10)8(11)4-6/h2-4H,5H2,1H3/t9-/m0/s1. The van der Waals surface area contributed by atoms with Gasteiger partial charge in [0, 0.05) is 13.0 Å². The summed E-state index contributed by atoms with van der Waals surface area (Å²) in [6.07, 6.45) is 0. The Hall–Kier alpha value is -0.800. The zero-order valence-electron chi connectivity index (χ0n) is 7.01. The van der Waals surface area contributed by atoms with E-state index in [4.69, 9.17) is 21.1 Å². The van der Waals surface area contributed by atoms with Crippen LogP contribution in [0.1, 0.15) is 6.92 Å². The Balaban J connectivity index is 2.17. The molecule has 1 aromatic carbocycles. The summed E-state index contributed by atoms with van der Waals surface area (Å²) in [5.74, 6) is -0.620. The topological polar surface area (TPSA) is 21.8 Å². The molecule has 1 saturated heterocycles. The van der Waals surface area contributed by atoms with Gasteiger partial charge in [0.05, 0.1) is 5.02 Å². The molecule has 2 rings (SSSR count). The van der Waals surface area contributed by atoms with Gasteiger partial charge in [-0.1, -0.05) is 11.6 Å². The zero-order valence-corrected chi connectivity index (χ0v) is 7.77. The number of hydrogen-bond acceptors (Lipinski definition) is 2. The van der Waals surface area contributed by atoms with Crippen LogP contribution in [0, 0.1) is 5.82 Å². The van der Waals surface area contributed by atoms with Gasteiger partial charge in [-0.05, 0) is 12.1 Å². The van der Waals surface area contributed by atoms with E-state index in [2.05, 4.69) is 0 Å². The minimum absolute atomic E-state index is 0.0919. The molecule has 0 aliphatic carbocycles. The number of epoxide rings is 1. The molecule has 1 aliphatic rings. The van der Waals surface area contributed by atoms with Crippen LogP contribution in [0.4, 0.5) is 4.39 Å². The zero-order chi connectivity index (χ0) is 9.47. The van der Waals surface area contributed by atoms with E-state index < -0.39 is 11.6 Å². The molecule has 0 spiro atoms. The van der Waals surface area contributed by atoms with Crippen molar-refractivity contribution in [3.8, 4) is 5.75 Å². The summed E-state index contributed by atoms with van der Waals surface area (Å²) >= 11 is 5.51. The fourth-order valence-electron chi connectivity index (χ4n) is 0.950. The van der Waals surface area contributed by atoms with E-state index in [1.165, 1.54) is 12.1 Å². The van der Waals surface area contributed by atoms with E-state index in [0.717, 1.165) is 0 Å². The molecule has 0 aromatic heterocycles. The lowest BCUT2D eigenvalue weighted by atomic mass is 10.3. The third-order valence-electron chi connectivity index (χ3n) is 1.78. The van der Waals surface area contributed by atoms with Gasteiger partial charge in [-0.15, -0.1) is 0 Å². The molecule has 0 N–H and O–H groups in total. The summed E-state index contributed by atoms with van der Waals surface area (Å²) in [7, 11) is 0. The van der Waals surface area contributed by atoms with Crippen molar-refractivity contribution < 1.29 is 13.9 Å². The van der Waals surface area contributed by atoms with Crippen LogP contribution in [0.2, 0.25) is 5.02 Å². The van der Waals surface area contributed by atoms with Gasteiger partial charge in [-0.2, -0.15) is 0 Å². The predicted octanol–water partition coefficient (Wildman–Crippen LogP) is 2.60. The average Bonchev–Trinajstić information content (AvgIpc) is 2.76. The minimum Gasteiger partial charge on any atom is -0.460 e. The Morgan fingerprint density at radius 3 is 2.85 bits per heavy atom. The van der Waals surface area contributed by atoms with Crippen LogP contribution >= 0.6 is 11.6 Å². The average molecular weight is 203 g/mol. The van der Waals surface area contributed by atoms with Gasteiger partial charge in [0.1, 0.15) is 18.2 Å². The van der Waals surface area contributed by atoms with Crippen LogP contribution in [0.25, 0.3) is 0 Å². The first-order valence-corrected chi connectivity index (χ1v) is 4.25. The number of rotatable bonds is 2. The Labute approximate surface area is 80.2 Å². The van der Waals surface area contributed by atoms with E-state index in [9.17, 15) is 4.39 Å². The summed E-state index contributed by atoms with van der Waals surface area (Å²) in [5, 5.41) is 0.0919. The molecule has 13 heavy (non-hydrogen) atoms. The molecule has 2 nitrogen and oxygen atoms in total. The summed E-state index contributed by atoms with van der Waals surface area (Å²) in [6, 6.07) is 4.31. The molecule has 0 saturated carbocycles. The number of hydrogen-bond donors (Lipinski definition) is 0. The third kappa shape index (κ3) is 1.92.